The molecule has 0 aliphatic heterocycles. The summed E-state index contributed by atoms with van der Waals surface area (Å²) in [6.45, 7) is 0. The Kier molecular flexibility index (Phi) is 7.35. The Bertz CT molecular complexity index is 3100. The van der Waals surface area contributed by atoms with Crippen LogP contribution in [0.5, 0.6) is 0 Å². The first kappa shape index (κ1) is 33.0. The molecule has 3 heteroatoms. The fourth-order valence-electron chi connectivity index (χ4n) is 9.98. The van der Waals surface area contributed by atoms with Gasteiger partial charge in [0.15, 0.2) is 0 Å². The second kappa shape index (κ2) is 12.9. The maximum Gasteiger partial charge on any atom is 0.0727 e. The maximum absolute atomic E-state index is 2.52. The average Bonchev–Trinajstić information content (AvgIpc) is 3.93. The molecule has 272 valence electrons. The van der Waals surface area contributed by atoms with Crippen LogP contribution in [0.25, 0.3) is 42.4 Å². The van der Waals surface area contributed by atoms with Crippen LogP contribution in [0, 0.1) is 0 Å². The van der Waals surface area contributed by atoms with Gasteiger partial charge in [-0.3, -0.25) is 0 Å². The first-order valence-corrected chi connectivity index (χ1v) is 20.8. The highest BCUT2D eigenvalue weighted by molar-refractivity contribution is 7.26. The molecule has 1 aromatic heterocycles. The van der Waals surface area contributed by atoms with Crippen molar-refractivity contribution in [2.75, 3.05) is 9.80 Å². The summed E-state index contributed by atoms with van der Waals surface area (Å²) >= 11 is 1.87. The molecule has 0 amide bonds. The Morgan fingerprint density at radius 1 is 0.328 bits per heavy atom. The van der Waals surface area contributed by atoms with Crippen LogP contribution in [0.4, 0.5) is 34.1 Å². The minimum absolute atomic E-state index is 0.533. The highest BCUT2D eigenvalue weighted by atomic mass is 32.1. The van der Waals surface area contributed by atoms with Gasteiger partial charge in [-0.15, -0.1) is 11.3 Å². The number of benzene rings is 9. The van der Waals surface area contributed by atoms with Crippen molar-refractivity contribution in [1.29, 1.82) is 0 Å². The SMILES string of the molecule is c1ccc(N(c2ccccc2)c2cc(N(c3ccccc3)c3cccc4c3sc3ccccc34)cc3c2-c2ccccc2C32c3ccccc3-c3ccccc32)cc1. The minimum Gasteiger partial charge on any atom is -0.310 e. The average molecular weight is 757 g/mol. The molecule has 0 fully saturated rings. The van der Waals surface area contributed by atoms with Crippen LogP contribution in [0.15, 0.2) is 218 Å². The maximum atomic E-state index is 2.52. The topological polar surface area (TPSA) is 6.48 Å². The number of fused-ring (bicyclic) bond motifs is 13. The minimum atomic E-state index is -0.533. The number of hydrogen-bond donors (Lipinski definition) is 0. The molecule has 1 heterocycles. The molecule has 0 unspecified atom stereocenters. The van der Waals surface area contributed by atoms with E-state index in [-0.39, 0.29) is 0 Å². The van der Waals surface area contributed by atoms with E-state index in [4.69, 9.17) is 0 Å². The predicted octanol–water partition coefficient (Wildman–Crippen LogP) is 15.3. The Hall–Kier alpha value is -7.20. The molecule has 2 nitrogen and oxygen atoms in total. The van der Waals surface area contributed by atoms with Crippen LogP contribution < -0.4 is 9.80 Å². The zero-order valence-electron chi connectivity index (χ0n) is 31.6. The Morgan fingerprint density at radius 3 is 1.40 bits per heavy atom. The fraction of sp³-hybridized carbons (Fsp3) is 0.0182. The molecule has 0 N–H and O–H groups in total. The normalized spacial score (nSPS) is 13.0. The summed E-state index contributed by atoms with van der Waals surface area (Å²) in [5.74, 6) is 0. The third-order valence-electron chi connectivity index (χ3n) is 12.2. The Labute approximate surface area is 342 Å². The van der Waals surface area contributed by atoms with Crippen molar-refractivity contribution < 1.29 is 0 Å². The molecule has 1 spiro atoms. The van der Waals surface area contributed by atoms with Crippen molar-refractivity contribution >= 4 is 65.6 Å². The lowest BCUT2D eigenvalue weighted by Gasteiger charge is -2.34. The molecule has 0 saturated heterocycles. The summed E-state index contributed by atoms with van der Waals surface area (Å²) in [6.07, 6.45) is 0. The Morgan fingerprint density at radius 2 is 0.793 bits per heavy atom. The van der Waals surface area contributed by atoms with E-state index in [1.54, 1.807) is 0 Å². The molecule has 12 rings (SSSR count). The number of para-hydroxylation sites is 3. The van der Waals surface area contributed by atoms with Gasteiger partial charge in [-0.1, -0.05) is 158 Å². The molecule has 0 saturated carbocycles. The van der Waals surface area contributed by atoms with Crippen LogP contribution in [0.1, 0.15) is 22.3 Å². The molecular weight excluding hydrogens is 721 g/mol. The van der Waals surface area contributed by atoms with Gasteiger partial charge < -0.3 is 9.80 Å². The highest BCUT2D eigenvalue weighted by Crippen LogP contribution is 2.65. The smallest absolute Gasteiger partial charge is 0.0727 e. The monoisotopic (exact) mass is 756 g/mol. The van der Waals surface area contributed by atoms with E-state index >= 15 is 0 Å². The van der Waals surface area contributed by atoms with Gasteiger partial charge in [-0.25, -0.2) is 0 Å². The molecule has 2 aliphatic rings. The Balaban J connectivity index is 1.25. The number of anilines is 6. The number of rotatable bonds is 6. The van der Waals surface area contributed by atoms with Gasteiger partial charge >= 0.3 is 0 Å². The van der Waals surface area contributed by atoms with E-state index in [1.807, 2.05) is 11.3 Å². The number of nitrogens with zero attached hydrogens (tertiary/aromatic N) is 2. The molecule has 0 radical (unpaired) electrons. The highest BCUT2D eigenvalue weighted by Gasteiger charge is 2.52. The summed E-state index contributed by atoms with van der Waals surface area (Å²) < 4.78 is 2.56. The first-order valence-electron chi connectivity index (χ1n) is 19.9. The molecule has 0 bridgehead atoms. The second-order valence-corrected chi connectivity index (χ2v) is 16.3. The molecule has 0 atom stereocenters. The van der Waals surface area contributed by atoms with Crippen LogP contribution >= 0.6 is 11.3 Å². The van der Waals surface area contributed by atoms with E-state index in [9.17, 15) is 0 Å². The van der Waals surface area contributed by atoms with Crippen molar-refractivity contribution in [3.8, 4) is 22.3 Å². The summed E-state index contributed by atoms with van der Waals surface area (Å²) in [4.78, 5) is 4.97. The largest absolute Gasteiger partial charge is 0.310 e. The summed E-state index contributed by atoms with van der Waals surface area (Å²) in [5, 5.41) is 2.57. The summed E-state index contributed by atoms with van der Waals surface area (Å²) in [5.41, 5.74) is 16.6. The van der Waals surface area contributed by atoms with Crippen LogP contribution in [-0.2, 0) is 5.41 Å². The van der Waals surface area contributed by atoms with E-state index in [2.05, 4.69) is 228 Å². The van der Waals surface area contributed by atoms with Gasteiger partial charge in [-0.05, 0) is 99.6 Å². The molecular formula is C55H36N2S. The van der Waals surface area contributed by atoms with Gasteiger partial charge in [0.25, 0.3) is 0 Å². The van der Waals surface area contributed by atoms with Crippen LogP contribution in [0.3, 0.4) is 0 Å². The summed E-state index contributed by atoms with van der Waals surface area (Å²) in [7, 11) is 0. The van der Waals surface area contributed by atoms with Gasteiger partial charge in [0.1, 0.15) is 0 Å². The third-order valence-corrected chi connectivity index (χ3v) is 13.4. The van der Waals surface area contributed by atoms with Crippen LogP contribution in [-0.4, -0.2) is 0 Å². The third kappa shape index (κ3) is 4.65. The molecule has 2 aliphatic carbocycles. The van der Waals surface area contributed by atoms with Crippen molar-refractivity contribution in [3.05, 3.63) is 241 Å². The van der Waals surface area contributed by atoms with Crippen molar-refractivity contribution in [3.63, 3.8) is 0 Å². The lowest BCUT2D eigenvalue weighted by atomic mass is 9.70. The van der Waals surface area contributed by atoms with E-state index in [1.165, 1.54) is 70.4 Å². The summed E-state index contributed by atoms with van der Waals surface area (Å²) in [6, 6.07) is 80.5. The van der Waals surface area contributed by atoms with Crippen LogP contribution in [0.2, 0.25) is 0 Å². The second-order valence-electron chi connectivity index (χ2n) is 15.2. The van der Waals surface area contributed by atoms with E-state index < -0.39 is 5.41 Å². The quantitative estimate of drug-likeness (QED) is 0.167. The number of thiophene rings is 1. The lowest BCUT2D eigenvalue weighted by molar-refractivity contribution is 0.793. The lowest BCUT2D eigenvalue weighted by Crippen LogP contribution is -2.26. The zero-order valence-corrected chi connectivity index (χ0v) is 32.4. The molecule has 9 aromatic carbocycles. The van der Waals surface area contributed by atoms with Crippen molar-refractivity contribution in [1.82, 2.24) is 0 Å². The van der Waals surface area contributed by atoms with Gasteiger partial charge in [0, 0.05) is 43.8 Å². The zero-order chi connectivity index (χ0) is 38.2. The van der Waals surface area contributed by atoms with E-state index in [0.717, 1.165) is 28.4 Å². The van der Waals surface area contributed by atoms with Crippen molar-refractivity contribution in [2.45, 2.75) is 5.41 Å². The van der Waals surface area contributed by atoms with Crippen molar-refractivity contribution in [2.24, 2.45) is 0 Å². The van der Waals surface area contributed by atoms with Gasteiger partial charge in [-0.2, -0.15) is 0 Å². The predicted molar refractivity (Wildman–Crippen MR) is 245 cm³/mol. The first-order chi connectivity index (χ1) is 28.8. The number of hydrogen-bond acceptors (Lipinski definition) is 3. The van der Waals surface area contributed by atoms with Gasteiger partial charge in [0.05, 0.1) is 21.5 Å². The van der Waals surface area contributed by atoms with Gasteiger partial charge in [0.2, 0.25) is 0 Å². The van der Waals surface area contributed by atoms with E-state index in [0.29, 0.717) is 0 Å². The fourth-order valence-corrected chi connectivity index (χ4v) is 11.2. The molecule has 10 aromatic rings. The molecule has 58 heavy (non-hydrogen) atoms. The standard InChI is InChI=1S/C55H36N2S/c1-4-19-37(20-5-1)56(38-21-6-2-7-22-38)51-36-40(57(39-23-8-3-9-24-39)50-33-18-29-44-43-27-13-17-34-52(43)58-54(44)50)35-49-53(51)45-28-12-16-32-48(45)55(49)46-30-14-10-25-41(46)42-26-11-15-31-47(42)55/h1-36H.